The Kier molecular flexibility index (Phi) is 3.91. The average molecular weight is 277 g/mol. The smallest absolute Gasteiger partial charge is 0.267 e. The van der Waals surface area contributed by atoms with Crippen molar-refractivity contribution in [3.05, 3.63) is 39.9 Å². The van der Waals surface area contributed by atoms with E-state index in [9.17, 15) is 14.9 Å². The van der Waals surface area contributed by atoms with Crippen molar-refractivity contribution >= 4 is 33.6 Å². The Hall–Kier alpha value is -2.22. The Morgan fingerprint density at radius 3 is 2.95 bits per heavy atom. The minimum Gasteiger partial charge on any atom is -0.267 e. The minimum absolute atomic E-state index is 0.146. The molecular weight excluding hydrogens is 268 g/mol. The summed E-state index contributed by atoms with van der Waals surface area (Å²) in [6.07, 6.45) is 0.720. The molecule has 1 heterocycles. The van der Waals surface area contributed by atoms with E-state index in [1.807, 2.05) is 6.92 Å². The van der Waals surface area contributed by atoms with Gasteiger partial charge in [0.2, 0.25) is 5.17 Å². The first kappa shape index (κ1) is 13.2. The normalized spacial score (nSPS) is 16.1. The molecule has 1 aliphatic rings. The van der Waals surface area contributed by atoms with E-state index in [0.717, 1.165) is 11.5 Å². The van der Waals surface area contributed by atoms with Gasteiger partial charge in [-0.1, -0.05) is 13.0 Å². The molecule has 2 rings (SSSR count). The largest absolute Gasteiger partial charge is 0.279 e. The Morgan fingerprint density at radius 1 is 1.53 bits per heavy atom. The number of rotatable bonds is 3. The van der Waals surface area contributed by atoms with Gasteiger partial charge in [-0.2, -0.15) is 4.99 Å². The number of carbonyl (C=O) groups excluding carboxylic acids is 1. The summed E-state index contributed by atoms with van der Waals surface area (Å²) in [5.74, 6) is -0.567. The number of hydrogen-bond acceptors (Lipinski definition) is 5. The topological polar surface area (TPSA) is 99.0 Å². The van der Waals surface area contributed by atoms with Crippen LogP contribution in [0.25, 0.3) is 0 Å². The number of amidine groups is 1. The van der Waals surface area contributed by atoms with Gasteiger partial charge < -0.3 is 0 Å². The van der Waals surface area contributed by atoms with Crippen LogP contribution in [-0.4, -0.2) is 21.0 Å². The van der Waals surface area contributed by atoms with Gasteiger partial charge in [-0.25, -0.2) is 0 Å². The number of nitro groups is 1. The maximum Gasteiger partial charge on any atom is 0.279 e. The van der Waals surface area contributed by atoms with Gasteiger partial charge in [-0.05, 0) is 24.2 Å². The van der Waals surface area contributed by atoms with Gasteiger partial charge in [-0.3, -0.25) is 14.9 Å². The molecule has 0 unspecified atom stereocenters. The molecule has 0 atom stereocenters. The third-order valence-corrected chi connectivity index (χ3v) is 3.22. The summed E-state index contributed by atoms with van der Waals surface area (Å²) in [4.78, 5) is 25.7. The van der Waals surface area contributed by atoms with Gasteiger partial charge in [0, 0.05) is 17.7 Å². The molecule has 1 aliphatic heterocycles. The minimum atomic E-state index is -0.567. The average Bonchev–Trinajstić information content (AvgIpc) is 2.86. The molecule has 0 aromatic heterocycles. The molecule has 0 saturated carbocycles. The van der Waals surface area contributed by atoms with E-state index in [-0.39, 0.29) is 16.4 Å². The van der Waals surface area contributed by atoms with E-state index in [4.69, 9.17) is 0 Å². The molecule has 8 heteroatoms. The molecule has 0 N–H and O–H groups in total. The van der Waals surface area contributed by atoms with Crippen LogP contribution in [0.2, 0.25) is 0 Å². The Labute approximate surface area is 112 Å². The lowest BCUT2D eigenvalue weighted by atomic mass is 10.2. The quantitative estimate of drug-likeness (QED) is 0.624. The van der Waals surface area contributed by atoms with Crippen LogP contribution in [0.15, 0.2) is 34.4 Å². The highest BCUT2D eigenvalue weighted by molar-refractivity contribution is 8.26. The standard InChI is InChI=1S/C11H9N4O3S/c1-2-9-13-14-11(19-9)12-10(16)7-4-3-5-8(6-7)15(17)18/h3-6H,2H2,1H3. The van der Waals surface area contributed by atoms with Crippen molar-refractivity contribution in [2.45, 2.75) is 13.3 Å². The van der Waals surface area contributed by atoms with Gasteiger partial charge >= 0.3 is 0 Å². The first-order valence-corrected chi connectivity index (χ1v) is 6.24. The van der Waals surface area contributed by atoms with Crippen LogP contribution in [0.4, 0.5) is 5.69 Å². The van der Waals surface area contributed by atoms with Crippen molar-refractivity contribution in [3.63, 3.8) is 0 Å². The fraction of sp³-hybridized carbons (Fsp3) is 0.182. The van der Waals surface area contributed by atoms with E-state index in [1.165, 1.54) is 36.0 Å². The Balaban J connectivity index is 2.15. The summed E-state index contributed by atoms with van der Waals surface area (Å²) in [7, 11) is 0. The Morgan fingerprint density at radius 2 is 2.32 bits per heavy atom. The van der Waals surface area contributed by atoms with Crippen LogP contribution in [0.5, 0.6) is 0 Å². The van der Waals surface area contributed by atoms with Crippen LogP contribution in [0.1, 0.15) is 23.7 Å². The number of thioether (sulfide) groups is 1. The van der Waals surface area contributed by atoms with Crippen LogP contribution in [0, 0.1) is 10.1 Å². The van der Waals surface area contributed by atoms with Crippen molar-refractivity contribution in [1.82, 2.24) is 5.43 Å². The molecule has 97 valence electrons. The maximum absolute atomic E-state index is 11.8. The molecule has 0 saturated heterocycles. The third kappa shape index (κ3) is 3.16. The molecule has 7 nitrogen and oxygen atoms in total. The van der Waals surface area contributed by atoms with Crippen LogP contribution in [0.3, 0.4) is 0 Å². The molecule has 1 amide bonds. The first-order chi connectivity index (χ1) is 9.10. The molecular formula is C11H9N4O3S. The summed E-state index contributed by atoms with van der Waals surface area (Å²) >= 11 is 1.22. The van der Waals surface area contributed by atoms with E-state index >= 15 is 0 Å². The van der Waals surface area contributed by atoms with E-state index in [2.05, 4.69) is 15.5 Å². The number of benzene rings is 1. The van der Waals surface area contributed by atoms with Gasteiger partial charge in [0.15, 0.2) is 0 Å². The summed E-state index contributed by atoms with van der Waals surface area (Å²) < 4.78 is 0. The van der Waals surface area contributed by atoms with E-state index in [0.29, 0.717) is 0 Å². The van der Waals surface area contributed by atoms with Crippen molar-refractivity contribution in [2.75, 3.05) is 0 Å². The summed E-state index contributed by atoms with van der Waals surface area (Å²) in [5, 5.41) is 15.5. The molecule has 19 heavy (non-hydrogen) atoms. The van der Waals surface area contributed by atoms with Crippen molar-refractivity contribution in [3.8, 4) is 0 Å². The number of non-ortho nitro benzene ring substituents is 1. The number of aliphatic imine (C=N–C) groups is 1. The lowest BCUT2D eigenvalue weighted by molar-refractivity contribution is -0.384. The summed E-state index contributed by atoms with van der Waals surface area (Å²) in [6.45, 7) is 1.92. The lowest BCUT2D eigenvalue weighted by Crippen LogP contribution is -2.05. The van der Waals surface area contributed by atoms with Gasteiger partial charge in [0.1, 0.15) is 5.04 Å². The number of nitrogens with zero attached hydrogens (tertiary/aromatic N) is 4. The number of hydrogen-bond donors (Lipinski definition) is 0. The predicted molar refractivity (Wildman–Crippen MR) is 72.3 cm³/mol. The maximum atomic E-state index is 11.8. The predicted octanol–water partition coefficient (Wildman–Crippen LogP) is 2.17. The summed E-state index contributed by atoms with van der Waals surface area (Å²) in [6, 6.07) is 5.42. The SMILES string of the molecule is CCC1=N[N]C(=NC(=O)c2cccc([N+](=O)[O-])c2)S1. The van der Waals surface area contributed by atoms with Crippen LogP contribution < -0.4 is 5.43 Å². The highest BCUT2D eigenvalue weighted by Gasteiger charge is 2.17. The highest BCUT2D eigenvalue weighted by Crippen LogP contribution is 2.18. The van der Waals surface area contributed by atoms with Crippen molar-refractivity contribution < 1.29 is 9.72 Å². The fourth-order valence-electron chi connectivity index (χ4n) is 1.34. The zero-order valence-corrected chi connectivity index (χ0v) is 10.8. The molecule has 1 radical (unpaired) electrons. The summed E-state index contributed by atoms with van der Waals surface area (Å²) in [5.41, 5.74) is 3.77. The molecule has 1 aromatic rings. The number of nitro benzene ring substituents is 1. The van der Waals surface area contributed by atoms with Crippen LogP contribution in [-0.2, 0) is 0 Å². The molecule has 0 aliphatic carbocycles. The second-order valence-corrected chi connectivity index (χ2v) is 4.60. The zero-order valence-electron chi connectivity index (χ0n) is 9.94. The van der Waals surface area contributed by atoms with E-state index < -0.39 is 10.8 Å². The number of carbonyl (C=O) groups is 1. The third-order valence-electron chi connectivity index (χ3n) is 2.26. The second-order valence-electron chi connectivity index (χ2n) is 3.56. The van der Waals surface area contributed by atoms with Crippen molar-refractivity contribution in [1.29, 1.82) is 0 Å². The van der Waals surface area contributed by atoms with E-state index in [1.54, 1.807) is 0 Å². The second kappa shape index (κ2) is 5.61. The molecule has 0 bridgehead atoms. The molecule has 1 aromatic carbocycles. The van der Waals surface area contributed by atoms with Crippen molar-refractivity contribution in [2.24, 2.45) is 10.1 Å². The van der Waals surface area contributed by atoms with Crippen LogP contribution >= 0.6 is 11.8 Å². The first-order valence-electron chi connectivity index (χ1n) is 5.43. The van der Waals surface area contributed by atoms with Gasteiger partial charge in [0.05, 0.1) is 4.92 Å². The fourth-order valence-corrected chi connectivity index (χ4v) is 1.98. The van der Waals surface area contributed by atoms with Gasteiger partial charge in [0.25, 0.3) is 11.6 Å². The number of amides is 1. The molecule has 0 fully saturated rings. The van der Waals surface area contributed by atoms with Gasteiger partial charge in [-0.15, -0.1) is 10.5 Å². The Bertz CT molecular complexity index is 597. The monoisotopic (exact) mass is 277 g/mol. The molecule has 0 spiro atoms. The lowest BCUT2D eigenvalue weighted by Gasteiger charge is -1.96. The highest BCUT2D eigenvalue weighted by atomic mass is 32.2. The zero-order chi connectivity index (χ0) is 13.8.